The zero-order valence-electron chi connectivity index (χ0n) is 16.0. The van der Waals surface area contributed by atoms with Gasteiger partial charge in [0.15, 0.2) is 5.71 Å². The molecule has 1 N–H and O–H groups in total. The number of morpholine rings is 1. The fourth-order valence-corrected chi connectivity index (χ4v) is 3.44. The Morgan fingerprint density at radius 2 is 1.76 bits per heavy atom. The van der Waals surface area contributed by atoms with Crippen molar-refractivity contribution in [3.63, 3.8) is 0 Å². The van der Waals surface area contributed by atoms with Crippen molar-refractivity contribution in [3.8, 4) is 0 Å². The summed E-state index contributed by atoms with van der Waals surface area (Å²) in [5.41, 5.74) is 5.34. The third-order valence-electron chi connectivity index (χ3n) is 4.85. The number of aliphatic carboxylic acids is 1. The Morgan fingerprint density at radius 1 is 1.20 bits per heavy atom. The molecule has 0 spiro atoms. The van der Waals surface area contributed by atoms with E-state index in [1.165, 1.54) is 29.2 Å². The van der Waals surface area contributed by atoms with Crippen LogP contribution in [0.1, 0.15) is 47.5 Å². The summed E-state index contributed by atoms with van der Waals surface area (Å²) >= 11 is 0. The van der Waals surface area contributed by atoms with E-state index in [1.807, 2.05) is 0 Å². The number of carbonyl (C=O) groups is 1. The number of allylic oxidation sites excluding steroid dienone is 2. The molecule has 1 heterocycles. The summed E-state index contributed by atoms with van der Waals surface area (Å²) in [6.45, 7) is 13.1. The number of ether oxygens (including phenoxy) is 1. The molecule has 1 aliphatic carbocycles. The highest BCUT2D eigenvalue weighted by atomic mass is 16.6. The van der Waals surface area contributed by atoms with Gasteiger partial charge in [-0.15, -0.1) is 0 Å². The Kier molecular flexibility index (Phi) is 6.79. The minimum absolute atomic E-state index is 0.0303. The molecule has 0 bridgehead atoms. The largest absolute Gasteiger partial charge is 0.477 e. The van der Waals surface area contributed by atoms with Crippen LogP contribution in [0.25, 0.3) is 0 Å². The van der Waals surface area contributed by atoms with Crippen LogP contribution < -0.4 is 0 Å². The van der Waals surface area contributed by atoms with E-state index < -0.39 is 5.97 Å². The Balaban J connectivity index is 2.08. The number of nitrogens with zero attached hydrogens (tertiary/aromatic N) is 2. The Labute approximate surface area is 150 Å². The third-order valence-corrected chi connectivity index (χ3v) is 4.85. The van der Waals surface area contributed by atoms with Crippen molar-refractivity contribution in [1.82, 2.24) is 4.90 Å². The van der Waals surface area contributed by atoms with Gasteiger partial charge < -0.3 is 14.7 Å². The van der Waals surface area contributed by atoms with Gasteiger partial charge in [0.05, 0.1) is 12.2 Å². The summed E-state index contributed by atoms with van der Waals surface area (Å²) in [5.74, 6) is -1.05. The van der Waals surface area contributed by atoms with Crippen LogP contribution in [-0.4, -0.2) is 60.1 Å². The lowest BCUT2D eigenvalue weighted by atomic mass is 9.87. The lowest BCUT2D eigenvalue weighted by molar-refractivity contribution is -0.129. The highest BCUT2D eigenvalue weighted by Gasteiger charge is 2.25. The van der Waals surface area contributed by atoms with Gasteiger partial charge in [0.2, 0.25) is 0 Å². The molecule has 1 fully saturated rings. The quantitative estimate of drug-likeness (QED) is 0.453. The van der Waals surface area contributed by atoms with E-state index in [-0.39, 0.29) is 17.9 Å². The van der Waals surface area contributed by atoms with Gasteiger partial charge >= 0.3 is 5.97 Å². The molecule has 6 heteroatoms. The standard InChI is InChI=1S/C19H30N2O4/c1-12-6-17(10-21-8-14(3)25-15(4)9-21)18(7-13(12)2)11-24-20-16(5)19(22)23/h14-15H,6-11H2,1-5H3,(H,22,23). The van der Waals surface area contributed by atoms with Gasteiger partial charge in [0.25, 0.3) is 0 Å². The molecular weight excluding hydrogens is 320 g/mol. The summed E-state index contributed by atoms with van der Waals surface area (Å²) in [6.07, 6.45) is 2.31. The van der Waals surface area contributed by atoms with Crippen LogP contribution >= 0.6 is 0 Å². The minimum Gasteiger partial charge on any atom is -0.477 e. The lowest BCUT2D eigenvalue weighted by Crippen LogP contribution is -2.46. The van der Waals surface area contributed by atoms with Crippen molar-refractivity contribution in [2.75, 3.05) is 26.2 Å². The molecule has 0 amide bonds. The van der Waals surface area contributed by atoms with Crippen LogP contribution in [0.4, 0.5) is 0 Å². The Morgan fingerprint density at radius 3 is 2.32 bits per heavy atom. The van der Waals surface area contributed by atoms with Gasteiger partial charge in [-0.05, 0) is 58.6 Å². The molecule has 140 valence electrons. The van der Waals surface area contributed by atoms with Crippen LogP contribution in [0.15, 0.2) is 27.4 Å². The molecule has 0 radical (unpaired) electrons. The van der Waals surface area contributed by atoms with Crippen LogP contribution in [0.3, 0.4) is 0 Å². The Hall–Kier alpha value is -1.66. The predicted molar refractivity (Wildman–Crippen MR) is 97.8 cm³/mol. The van der Waals surface area contributed by atoms with Crippen molar-refractivity contribution >= 4 is 11.7 Å². The molecular formula is C19H30N2O4. The molecule has 25 heavy (non-hydrogen) atoms. The molecule has 0 aromatic carbocycles. The molecule has 2 aliphatic rings. The van der Waals surface area contributed by atoms with Crippen molar-refractivity contribution in [2.24, 2.45) is 5.16 Å². The topological polar surface area (TPSA) is 71.4 Å². The van der Waals surface area contributed by atoms with Gasteiger partial charge in [0.1, 0.15) is 6.61 Å². The van der Waals surface area contributed by atoms with Gasteiger partial charge in [-0.3, -0.25) is 4.90 Å². The number of carboxylic acid groups (broad SMARTS) is 1. The van der Waals surface area contributed by atoms with Gasteiger partial charge in [0, 0.05) is 19.6 Å². The summed E-state index contributed by atoms with van der Waals surface area (Å²) in [5, 5.41) is 12.6. The second-order valence-electron chi connectivity index (χ2n) is 7.33. The van der Waals surface area contributed by atoms with E-state index in [0.29, 0.717) is 6.61 Å². The fourth-order valence-electron chi connectivity index (χ4n) is 3.44. The zero-order valence-corrected chi connectivity index (χ0v) is 16.0. The number of hydrogen-bond acceptors (Lipinski definition) is 5. The molecule has 1 saturated heterocycles. The van der Waals surface area contributed by atoms with Crippen molar-refractivity contribution in [3.05, 3.63) is 22.3 Å². The van der Waals surface area contributed by atoms with Gasteiger partial charge in [-0.2, -0.15) is 0 Å². The number of rotatable bonds is 6. The summed E-state index contributed by atoms with van der Waals surface area (Å²) in [6, 6.07) is 0. The molecule has 2 unspecified atom stereocenters. The van der Waals surface area contributed by atoms with Crippen LogP contribution in [0.2, 0.25) is 0 Å². The monoisotopic (exact) mass is 350 g/mol. The highest BCUT2D eigenvalue weighted by Crippen LogP contribution is 2.31. The SMILES string of the molecule is CC(=NOCC1=C(CN2CC(C)OC(C)C2)CC(C)=C(C)C1)C(=O)O. The number of carboxylic acids is 1. The molecule has 0 aromatic heterocycles. The first-order chi connectivity index (χ1) is 11.8. The summed E-state index contributed by atoms with van der Waals surface area (Å²) in [7, 11) is 0. The van der Waals surface area contributed by atoms with E-state index >= 15 is 0 Å². The first kappa shape index (κ1) is 19.7. The van der Waals surface area contributed by atoms with Gasteiger partial charge in [-0.25, -0.2) is 4.79 Å². The van der Waals surface area contributed by atoms with Crippen LogP contribution in [-0.2, 0) is 14.4 Å². The summed E-state index contributed by atoms with van der Waals surface area (Å²) < 4.78 is 5.82. The maximum atomic E-state index is 10.8. The van der Waals surface area contributed by atoms with Crippen molar-refractivity contribution < 1.29 is 19.5 Å². The zero-order chi connectivity index (χ0) is 18.6. The maximum Gasteiger partial charge on any atom is 0.353 e. The van der Waals surface area contributed by atoms with Crippen molar-refractivity contribution in [1.29, 1.82) is 0 Å². The van der Waals surface area contributed by atoms with E-state index in [0.717, 1.165) is 32.5 Å². The molecule has 2 rings (SSSR count). The average molecular weight is 350 g/mol. The Bertz CT molecular complexity index is 597. The smallest absolute Gasteiger partial charge is 0.353 e. The van der Waals surface area contributed by atoms with Crippen LogP contribution in [0, 0.1) is 0 Å². The normalized spacial score (nSPS) is 26.2. The number of oxime groups is 1. The first-order valence-corrected chi connectivity index (χ1v) is 8.89. The lowest BCUT2D eigenvalue weighted by Gasteiger charge is -2.37. The molecule has 1 aliphatic heterocycles. The first-order valence-electron chi connectivity index (χ1n) is 8.89. The minimum atomic E-state index is -1.05. The highest BCUT2D eigenvalue weighted by molar-refractivity contribution is 6.34. The molecule has 0 saturated carbocycles. The second kappa shape index (κ2) is 8.63. The summed E-state index contributed by atoms with van der Waals surface area (Å²) in [4.78, 5) is 18.6. The average Bonchev–Trinajstić information content (AvgIpc) is 2.50. The van der Waals surface area contributed by atoms with E-state index in [4.69, 9.17) is 14.7 Å². The maximum absolute atomic E-state index is 10.8. The van der Waals surface area contributed by atoms with Crippen molar-refractivity contribution in [2.45, 2.75) is 59.7 Å². The van der Waals surface area contributed by atoms with Crippen LogP contribution in [0.5, 0.6) is 0 Å². The molecule has 6 nitrogen and oxygen atoms in total. The molecule has 2 atom stereocenters. The van der Waals surface area contributed by atoms with Gasteiger partial charge in [-0.1, -0.05) is 16.3 Å². The molecule has 0 aromatic rings. The van der Waals surface area contributed by atoms with E-state index in [9.17, 15) is 4.79 Å². The fraction of sp³-hybridized carbons (Fsp3) is 0.684. The third kappa shape index (κ3) is 5.68. The number of hydrogen-bond donors (Lipinski definition) is 1. The second-order valence-corrected chi connectivity index (χ2v) is 7.33. The van der Waals surface area contributed by atoms with E-state index in [2.05, 4.69) is 37.8 Å². The van der Waals surface area contributed by atoms with E-state index in [1.54, 1.807) is 0 Å². The predicted octanol–water partition coefficient (Wildman–Crippen LogP) is 3.00.